The fraction of sp³-hybridized carbons (Fsp3) is 0.529. The maximum Gasteiger partial charge on any atom is 0.267 e. The Morgan fingerprint density at radius 3 is 2.77 bits per heavy atom. The summed E-state index contributed by atoms with van der Waals surface area (Å²) in [7, 11) is 0. The van der Waals surface area contributed by atoms with Crippen LogP contribution in [0.2, 0.25) is 0 Å². The highest BCUT2D eigenvalue weighted by Gasteiger charge is 2.30. The standard InChI is InChI=1S/C17H22N2OS2/c1-10-9-18-16(21-10)19-15(20)14-8-11-7-12(17(2,3)4)5-6-13(11)22-14/h8-9,12H,5-7H2,1-4H3,(H,18,19,20)/t12-/m0/s1. The molecular weight excluding hydrogens is 312 g/mol. The first-order valence-corrected chi connectivity index (χ1v) is 9.31. The van der Waals surface area contributed by atoms with E-state index in [9.17, 15) is 4.79 Å². The number of nitrogens with one attached hydrogen (secondary N) is 1. The average Bonchev–Trinajstić information content (AvgIpc) is 3.02. The number of hydrogen-bond donors (Lipinski definition) is 1. The number of thiophene rings is 1. The molecule has 0 unspecified atom stereocenters. The van der Waals surface area contributed by atoms with Gasteiger partial charge in [0, 0.05) is 16.0 Å². The summed E-state index contributed by atoms with van der Waals surface area (Å²) in [5.74, 6) is 0.674. The van der Waals surface area contributed by atoms with Crippen LogP contribution in [0.5, 0.6) is 0 Å². The molecule has 1 aliphatic carbocycles. The van der Waals surface area contributed by atoms with Crippen molar-refractivity contribution < 1.29 is 4.79 Å². The SMILES string of the molecule is Cc1cnc(NC(=O)c2cc3c(s2)CC[C@H](C(C)(C)C)C3)s1. The summed E-state index contributed by atoms with van der Waals surface area (Å²) in [6.07, 6.45) is 5.21. The Kier molecular flexibility index (Phi) is 4.12. The molecule has 1 N–H and O–H groups in total. The number of rotatable bonds is 2. The van der Waals surface area contributed by atoms with Crippen molar-refractivity contribution in [2.24, 2.45) is 11.3 Å². The molecule has 1 amide bonds. The van der Waals surface area contributed by atoms with Crippen molar-refractivity contribution in [3.8, 4) is 0 Å². The van der Waals surface area contributed by atoms with Gasteiger partial charge in [0.25, 0.3) is 5.91 Å². The molecule has 0 aliphatic heterocycles. The van der Waals surface area contributed by atoms with E-state index in [1.54, 1.807) is 17.5 Å². The lowest BCUT2D eigenvalue weighted by atomic mass is 9.72. The second-order valence-electron chi connectivity index (χ2n) is 7.10. The quantitative estimate of drug-likeness (QED) is 0.847. The number of aromatic nitrogens is 1. The molecule has 0 fully saturated rings. The second-order valence-corrected chi connectivity index (χ2v) is 9.47. The van der Waals surface area contributed by atoms with Crippen molar-refractivity contribution in [3.63, 3.8) is 0 Å². The van der Waals surface area contributed by atoms with Gasteiger partial charge in [-0.25, -0.2) is 4.98 Å². The lowest BCUT2D eigenvalue weighted by molar-refractivity contribution is 0.103. The molecule has 0 bridgehead atoms. The van der Waals surface area contributed by atoms with Gasteiger partial charge in [-0.3, -0.25) is 10.1 Å². The first kappa shape index (κ1) is 15.7. The van der Waals surface area contributed by atoms with E-state index in [1.165, 1.54) is 28.2 Å². The number of amides is 1. The topological polar surface area (TPSA) is 42.0 Å². The molecule has 1 atom stereocenters. The van der Waals surface area contributed by atoms with Crippen molar-refractivity contribution in [3.05, 3.63) is 32.5 Å². The zero-order chi connectivity index (χ0) is 15.9. The summed E-state index contributed by atoms with van der Waals surface area (Å²) in [4.78, 5) is 19.9. The highest BCUT2D eigenvalue weighted by atomic mass is 32.1. The van der Waals surface area contributed by atoms with Crippen LogP contribution >= 0.6 is 22.7 Å². The zero-order valence-electron chi connectivity index (χ0n) is 13.5. The van der Waals surface area contributed by atoms with E-state index in [2.05, 4.69) is 37.1 Å². The van der Waals surface area contributed by atoms with Crippen LogP contribution in [-0.4, -0.2) is 10.9 Å². The van der Waals surface area contributed by atoms with Gasteiger partial charge >= 0.3 is 0 Å². The van der Waals surface area contributed by atoms with Crippen LogP contribution in [0.25, 0.3) is 0 Å². The van der Waals surface area contributed by atoms with E-state index in [0.717, 1.165) is 22.6 Å². The number of aryl methyl sites for hydroxylation is 2. The Morgan fingerprint density at radius 1 is 1.36 bits per heavy atom. The number of thiazole rings is 1. The molecule has 2 heterocycles. The van der Waals surface area contributed by atoms with Crippen LogP contribution in [-0.2, 0) is 12.8 Å². The van der Waals surface area contributed by atoms with Crippen LogP contribution in [0.3, 0.4) is 0 Å². The van der Waals surface area contributed by atoms with Gasteiger partial charge in [0.1, 0.15) is 0 Å². The third-order valence-corrected chi connectivity index (χ3v) is 6.44. The number of carbonyl (C=O) groups is 1. The van der Waals surface area contributed by atoms with E-state index in [4.69, 9.17) is 0 Å². The van der Waals surface area contributed by atoms with Gasteiger partial charge in [0.2, 0.25) is 0 Å². The zero-order valence-corrected chi connectivity index (χ0v) is 15.2. The summed E-state index contributed by atoms with van der Waals surface area (Å²) in [5.41, 5.74) is 1.71. The lowest BCUT2D eigenvalue weighted by Gasteiger charge is -2.33. The van der Waals surface area contributed by atoms with Gasteiger partial charge in [-0.1, -0.05) is 20.8 Å². The summed E-state index contributed by atoms with van der Waals surface area (Å²) in [5, 5.41) is 3.59. The van der Waals surface area contributed by atoms with Crippen LogP contribution in [0.1, 0.15) is 52.2 Å². The normalized spacial score (nSPS) is 18.1. The van der Waals surface area contributed by atoms with E-state index >= 15 is 0 Å². The van der Waals surface area contributed by atoms with E-state index in [0.29, 0.717) is 16.5 Å². The average molecular weight is 335 g/mol. The molecule has 0 saturated carbocycles. The van der Waals surface area contributed by atoms with Crippen molar-refractivity contribution in [1.29, 1.82) is 0 Å². The highest BCUT2D eigenvalue weighted by Crippen LogP contribution is 2.40. The van der Waals surface area contributed by atoms with Gasteiger partial charge < -0.3 is 0 Å². The first-order valence-electron chi connectivity index (χ1n) is 7.68. The third kappa shape index (κ3) is 3.25. The number of anilines is 1. The molecule has 1 aliphatic rings. The predicted molar refractivity (Wildman–Crippen MR) is 94.1 cm³/mol. The van der Waals surface area contributed by atoms with Gasteiger partial charge in [0.05, 0.1) is 4.88 Å². The number of carbonyl (C=O) groups excluding carboxylic acids is 1. The molecule has 0 saturated heterocycles. The Bertz CT molecular complexity index is 694. The molecule has 2 aromatic rings. The molecule has 0 aromatic carbocycles. The van der Waals surface area contributed by atoms with Crippen molar-refractivity contribution in [2.45, 2.75) is 47.0 Å². The van der Waals surface area contributed by atoms with Crippen LogP contribution in [0, 0.1) is 18.3 Å². The Morgan fingerprint density at radius 2 is 2.14 bits per heavy atom. The second kappa shape index (κ2) is 5.78. The molecule has 22 heavy (non-hydrogen) atoms. The lowest BCUT2D eigenvalue weighted by Crippen LogP contribution is -2.26. The number of nitrogens with zero attached hydrogens (tertiary/aromatic N) is 1. The van der Waals surface area contributed by atoms with E-state index in [-0.39, 0.29) is 5.91 Å². The van der Waals surface area contributed by atoms with Crippen molar-refractivity contribution in [1.82, 2.24) is 4.98 Å². The van der Waals surface area contributed by atoms with E-state index < -0.39 is 0 Å². The molecule has 5 heteroatoms. The maximum atomic E-state index is 12.4. The van der Waals surface area contributed by atoms with Gasteiger partial charge in [-0.05, 0) is 49.1 Å². The molecule has 3 rings (SSSR count). The Labute approximate surface area is 139 Å². The minimum Gasteiger partial charge on any atom is -0.297 e. The van der Waals surface area contributed by atoms with Gasteiger partial charge in [-0.2, -0.15) is 0 Å². The van der Waals surface area contributed by atoms with Crippen LogP contribution < -0.4 is 5.32 Å². The molecule has 0 spiro atoms. The third-order valence-electron chi connectivity index (χ3n) is 4.37. The smallest absolute Gasteiger partial charge is 0.267 e. The first-order chi connectivity index (χ1) is 10.3. The molecular formula is C17H22N2OS2. The summed E-state index contributed by atoms with van der Waals surface area (Å²) >= 11 is 3.16. The molecule has 0 radical (unpaired) electrons. The van der Waals surface area contributed by atoms with Gasteiger partial charge in [0.15, 0.2) is 5.13 Å². The fourth-order valence-corrected chi connectivity index (χ4v) is 4.71. The van der Waals surface area contributed by atoms with Crippen molar-refractivity contribution >= 4 is 33.7 Å². The molecule has 3 nitrogen and oxygen atoms in total. The maximum absolute atomic E-state index is 12.4. The van der Waals surface area contributed by atoms with Crippen LogP contribution in [0.4, 0.5) is 5.13 Å². The number of hydrogen-bond acceptors (Lipinski definition) is 4. The largest absolute Gasteiger partial charge is 0.297 e. The summed E-state index contributed by atoms with van der Waals surface area (Å²) in [6, 6.07) is 2.09. The highest BCUT2D eigenvalue weighted by molar-refractivity contribution is 7.16. The fourth-order valence-electron chi connectivity index (χ4n) is 2.95. The minimum absolute atomic E-state index is 0.0268. The monoisotopic (exact) mass is 334 g/mol. The minimum atomic E-state index is -0.0268. The number of fused-ring (bicyclic) bond motifs is 1. The Hall–Kier alpha value is -1.20. The Balaban J connectivity index is 1.75. The summed E-state index contributed by atoms with van der Waals surface area (Å²) < 4.78 is 0. The molecule has 2 aromatic heterocycles. The van der Waals surface area contributed by atoms with Gasteiger partial charge in [-0.15, -0.1) is 22.7 Å². The summed E-state index contributed by atoms with van der Waals surface area (Å²) in [6.45, 7) is 8.93. The van der Waals surface area contributed by atoms with E-state index in [1.807, 2.05) is 6.92 Å². The van der Waals surface area contributed by atoms with Crippen LogP contribution in [0.15, 0.2) is 12.3 Å². The predicted octanol–water partition coefficient (Wildman–Crippen LogP) is 4.92. The van der Waals surface area contributed by atoms with Crippen molar-refractivity contribution in [2.75, 3.05) is 5.32 Å². The molecule has 118 valence electrons.